The van der Waals surface area contributed by atoms with Gasteiger partial charge in [-0.1, -0.05) is 13.0 Å². The van der Waals surface area contributed by atoms with E-state index >= 15 is 0 Å². The molecule has 3 N–H and O–H groups in total. The molecule has 0 aliphatic heterocycles. The Morgan fingerprint density at radius 1 is 1.11 bits per heavy atom. The van der Waals surface area contributed by atoms with Gasteiger partial charge in [0.15, 0.2) is 0 Å². The van der Waals surface area contributed by atoms with Crippen molar-refractivity contribution >= 4 is 21.4 Å². The zero-order valence-electron chi connectivity index (χ0n) is 15.5. The predicted octanol–water partition coefficient (Wildman–Crippen LogP) is 3.70. The predicted molar refractivity (Wildman–Crippen MR) is 99.6 cm³/mol. The molecule has 3 aliphatic rings. The number of ketones is 1. The SMILES string of the molecule is C[C@]12CC[C@@H]3c4ccc(OP(=O)(O)OP(=O)(O)O)cc4CC[C@H]3[C@@H]1CCC2=O. The second-order valence-corrected chi connectivity index (χ2v) is 11.1. The van der Waals surface area contributed by atoms with Crippen LogP contribution < -0.4 is 4.52 Å². The van der Waals surface area contributed by atoms with Gasteiger partial charge in [-0.2, -0.15) is 4.31 Å². The largest absolute Gasteiger partial charge is 0.536 e. The molecule has 10 heteroatoms. The highest BCUT2D eigenvalue weighted by Gasteiger charge is 2.54. The highest BCUT2D eigenvalue weighted by molar-refractivity contribution is 7.60. The van der Waals surface area contributed by atoms with E-state index in [1.165, 1.54) is 11.6 Å². The number of fused-ring (bicyclic) bond motifs is 5. The van der Waals surface area contributed by atoms with Crippen molar-refractivity contribution in [2.75, 3.05) is 0 Å². The van der Waals surface area contributed by atoms with E-state index in [2.05, 4.69) is 11.2 Å². The first-order valence-electron chi connectivity index (χ1n) is 9.44. The Hall–Kier alpha value is -1.01. The molecule has 2 fully saturated rings. The van der Waals surface area contributed by atoms with Crippen molar-refractivity contribution in [3.8, 4) is 5.75 Å². The Labute approximate surface area is 163 Å². The number of phosphoric acid groups is 2. The normalized spacial score (nSPS) is 34.1. The summed E-state index contributed by atoms with van der Waals surface area (Å²) < 4.78 is 31.3. The number of Topliss-reactive ketones (excluding diaryl/α,β-unsaturated/α-hetero) is 1. The van der Waals surface area contributed by atoms with E-state index in [0.717, 1.165) is 37.7 Å². The molecule has 5 atom stereocenters. The third kappa shape index (κ3) is 3.62. The van der Waals surface area contributed by atoms with E-state index in [4.69, 9.17) is 14.3 Å². The van der Waals surface area contributed by atoms with Gasteiger partial charge in [0.1, 0.15) is 11.5 Å². The van der Waals surface area contributed by atoms with Crippen LogP contribution in [-0.4, -0.2) is 20.5 Å². The molecule has 4 rings (SSSR count). The number of aryl methyl sites for hydroxylation is 1. The van der Waals surface area contributed by atoms with Gasteiger partial charge in [0.25, 0.3) is 0 Å². The molecule has 0 amide bonds. The molecule has 3 aliphatic carbocycles. The van der Waals surface area contributed by atoms with E-state index in [1.807, 2.05) is 6.07 Å². The van der Waals surface area contributed by atoms with E-state index in [9.17, 15) is 18.8 Å². The Balaban J connectivity index is 1.56. The highest BCUT2D eigenvalue weighted by Crippen LogP contribution is 2.60. The van der Waals surface area contributed by atoms with Crippen LogP contribution in [0.25, 0.3) is 0 Å². The molecular formula is C18H24O8P2. The van der Waals surface area contributed by atoms with Crippen LogP contribution in [0.1, 0.15) is 56.1 Å². The maximum Gasteiger partial charge on any atom is 0.536 e. The van der Waals surface area contributed by atoms with Gasteiger partial charge in [0, 0.05) is 11.8 Å². The number of carbonyl (C=O) groups is 1. The number of hydrogen-bond donors (Lipinski definition) is 3. The molecule has 0 spiro atoms. The molecule has 28 heavy (non-hydrogen) atoms. The topological polar surface area (TPSA) is 130 Å². The fourth-order valence-electron chi connectivity index (χ4n) is 5.67. The molecular weight excluding hydrogens is 406 g/mol. The monoisotopic (exact) mass is 430 g/mol. The molecule has 1 unspecified atom stereocenters. The van der Waals surface area contributed by atoms with Gasteiger partial charge in [0.05, 0.1) is 0 Å². The zero-order valence-corrected chi connectivity index (χ0v) is 17.3. The molecule has 154 valence electrons. The average molecular weight is 430 g/mol. The molecule has 0 saturated heterocycles. The van der Waals surface area contributed by atoms with Gasteiger partial charge in [0.2, 0.25) is 0 Å². The Kier molecular flexibility index (Phi) is 4.90. The van der Waals surface area contributed by atoms with E-state index in [0.29, 0.717) is 30.0 Å². The van der Waals surface area contributed by atoms with Crippen molar-refractivity contribution in [2.45, 2.75) is 51.4 Å². The lowest BCUT2D eigenvalue weighted by molar-refractivity contribution is -0.129. The summed E-state index contributed by atoms with van der Waals surface area (Å²) in [6, 6.07) is 5.03. The quantitative estimate of drug-likeness (QED) is 0.617. The summed E-state index contributed by atoms with van der Waals surface area (Å²) in [6.45, 7) is 2.12. The van der Waals surface area contributed by atoms with Crippen molar-refractivity contribution in [1.29, 1.82) is 0 Å². The first-order valence-corrected chi connectivity index (χ1v) is 12.5. The average Bonchev–Trinajstić information content (AvgIpc) is 2.87. The van der Waals surface area contributed by atoms with Crippen molar-refractivity contribution in [3.63, 3.8) is 0 Å². The van der Waals surface area contributed by atoms with Crippen LogP contribution in [0, 0.1) is 17.3 Å². The minimum atomic E-state index is -5.15. The Morgan fingerprint density at radius 3 is 2.57 bits per heavy atom. The van der Waals surface area contributed by atoms with Crippen LogP contribution in [0.4, 0.5) is 0 Å². The number of carbonyl (C=O) groups excluding carboxylic acids is 1. The number of hydrogen-bond acceptors (Lipinski definition) is 5. The molecule has 0 aromatic heterocycles. The van der Waals surface area contributed by atoms with Crippen LogP contribution in [0.15, 0.2) is 18.2 Å². The maximum atomic E-state index is 12.4. The van der Waals surface area contributed by atoms with E-state index in [-0.39, 0.29) is 11.2 Å². The van der Waals surface area contributed by atoms with Crippen molar-refractivity contribution < 1.29 is 37.4 Å². The molecule has 0 radical (unpaired) electrons. The number of benzene rings is 1. The molecule has 1 aromatic rings. The summed E-state index contributed by atoms with van der Waals surface area (Å²) >= 11 is 0. The van der Waals surface area contributed by atoms with Crippen LogP contribution >= 0.6 is 15.6 Å². The van der Waals surface area contributed by atoms with E-state index in [1.54, 1.807) is 6.07 Å². The Bertz CT molecular complexity index is 909. The molecule has 0 heterocycles. The molecule has 8 nitrogen and oxygen atoms in total. The minimum absolute atomic E-state index is 0.0353. The van der Waals surface area contributed by atoms with Crippen LogP contribution in [0.3, 0.4) is 0 Å². The zero-order chi connectivity index (χ0) is 20.3. The van der Waals surface area contributed by atoms with Gasteiger partial charge in [-0.05, 0) is 73.1 Å². The van der Waals surface area contributed by atoms with E-state index < -0.39 is 15.6 Å². The lowest BCUT2D eigenvalue weighted by Crippen LogP contribution is -2.42. The van der Waals surface area contributed by atoms with Gasteiger partial charge in [-0.15, -0.1) is 0 Å². The highest BCUT2D eigenvalue weighted by atomic mass is 31.3. The van der Waals surface area contributed by atoms with Gasteiger partial charge in [-0.25, -0.2) is 9.13 Å². The fraction of sp³-hybridized carbons (Fsp3) is 0.611. The smallest absolute Gasteiger partial charge is 0.404 e. The Morgan fingerprint density at radius 2 is 1.86 bits per heavy atom. The van der Waals surface area contributed by atoms with Crippen LogP contribution in [0.5, 0.6) is 5.75 Å². The summed E-state index contributed by atoms with van der Waals surface area (Å²) in [5, 5.41) is 0. The maximum absolute atomic E-state index is 12.4. The van der Waals surface area contributed by atoms with Gasteiger partial charge < -0.3 is 14.3 Å². The molecule has 0 bridgehead atoms. The third-order valence-electron chi connectivity index (χ3n) is 6.84. The van der Waals surface area contributed by atoms with Gasteiger partial charge in [-0.3, -0.25) is 9.69 Å². The van der Waals surface area contributed by atoms with Crippen molar-refractivity contribution in [3.05, 3.63) is 29.3 Å². The first kappa shape index (κ1) is 20.3. The summed E-state index contributed by atoms with van der Waals surface area (Å²) in [6.07, 6.45) is 5.18. The molecule has 2 saturated carbocycles. The lowest BCUT2D eigenvalue weighted by Gasteiger charge is -2.48. The second-order valence-electron chi connectivity index (χ2n) is 8.33. The standard InChI is InChI=1S/C18H24O8P2/c1-18-9-8-14-13-5-3-12(25-28(23,24)26-27(20,21)22)10-11(13)2-4-15(14)16(18)6-7-17(18)19/h3,5,10,14-16H,2,4,6-9H2,1H3,(H,23,24)(H2,20,21,22)/t14-,15-,16+,18+/m1/s1. The number of rotatable bonds is 4. The second kappa shape index (κ2) is 6.76. The van der Waals surface area contributed by atoms with Crippen molar-refractivity contribution in [1.82, 2.24) is 0 Å². The molecule has 1 aromatic carbocycles. The fourth-order valence-corrected chi connectivity index (χ4v) is 7.26. The van der Waals surface area contributed by atoms with Crippen LogP contribution in [0.2, 0.25) is 0 Å². The summed E-state index contributed by atoms with van der Waals surface area (Å²) in [5.41, 5.74) is 1.99. The first-order chi connectivity index (χ1) is 13.0. The van der Waals surface area contributed by atoms with Crippen LogP contribution in [-0.2, 0) is 24.7 Å². The summed E-state index contributed by atoms with van der Waals surface area (Å²) in [7, 11) is -10.1. The summed E-state index contributed by atoms with van der Waals surface area (Å²) in [5.74, 6) is 1.67. The van der Waals surface area contributed by atoms with Crippen molar-refractivity contribution in [2.24, 2.45) is 17.3 Å². The number of phosphoric ester groups is 1. The van der Waals surface area contributed by atoms with Gasteiger partial charge >= 0.3 is 15.6 Å². The third-order valence-corrected chi connectivity index (χ3v) is 8.96. The minimum Gasteiger partial charge on any atom is -0.404 e. The summed E-state index contributed by atoms with van der Waals surface area (Å²) in [4.78, 5) is 39.4. The lowest BCUT2D eigenvalue weighted by atomic mass is 9.55.